The highest BCUT2D eigenvalue weighted by molar-refractivity contribution is 5.28. The highest BCUT2D eigenvalue weighted by Gasteiger charge is 2.02. The maximum atomic E-state index is 5.78. The number of hydrogen-bond donors (Lipinski definition) is 1. The lowest BCUT2D eigenvalue weighted by Gasteiger charge is -2.14. The molecule has 1 aromatic rings. The molecule has 1 rings (SSSR count). The standard InChI is InChI=1S/C13H21NO/c1-4-6-12-7-5-8-13(9-12)15-11(2)10-14-3/h5,7-9,11,14H,4,6,10H2,1-3H3. The molecule has 1 unspecified atom stereocenters. The summed E-state index contributed by atoms with van der Waals surface area (Å²) in [5.74, 6) is 0.976. The molecule has 0 bridgehead atoms. The maximum Gasteiger partial charge on any atom is 0.120 e. The van der Waals surface area contributed by atoms with Crippen LogP contribution in [0.5, 0.6) is 5.75 Å². The molecule has 0 heterocycles. The molecule has 2 heteroatoms. The van der Waals surface area contributed by atoms with Gasteiger partial charge in [-0.2, -0.15) is 0 Å². The summed E-state index contributed by atoms with van der Waals surface area (Å²) in [4.78, 5) is 0. The van der Waals surface area contributed by atoms with Gasteiger partial charge in [-0.05, 0) is 38.1 Å². The molecule has 0 amide bonds. The van der Waals surface area contributed by atoms with Crippen LogP contribution in [0.1, 0.15) is 25.8 Å². The molecule has 0 fully saturated rings. The van der Waals surface area contributed by atoms with Crippen molar-refractivity contribution in [1.82, 2.24) is 5.32 Å². The second kappa shape index (κ2) is 6.46. The average Bonchev–Trinajstić information content (AvgIpc) is 2.19. The molecule has 1 atom stereocenters. The van der Waals surface area contributed by atoms with E-state index < -0.39 is 0 Å². The van der Waals surface area contributed by atoms with Crippen LogP contribution in [0.3, 0.4) is 0 Å². The molecule has 2 nitrogen and oxygen atoms in total. The number of rotatable bonds is 6. The Kier molecular flexibility index (Phi) is 5.19. The lowest BCUT2D eigenvalue weighted by molar-refractivity contribution is 0.220. The quantitative estimate of drug-likeness (QED) is 0.774. The van der Waals surface area contributed by atoms with E-state index >= 15 is 0 Å². The molecular formula is C13H21NO. The van der Waals surface area contributed by atoms with Crippen molar-refractivity contribution >= 4 is 0 Å². The summed E-state index contributed by atoms with van der Waals surface area (Å²) in [6, 6.07) is 8.37. The number of likely N-dealkylation sites (N-methyl/N-ethyl adjacent to an activating group) is 1. The zero-order valence-electron chi connectivity index (χ0n) is 9.92. The van der Waals surface area contributed by atoms with Gasteiger partial charge in [0.05, 0.1) is 0 Å². The van der Waals surface area contributed by atoms with Gasteiger partial charge >= 0.3 is 0 Å². The van der Waals surface area contributed by atoms with Crippen molar-refractivity contribution in [2.24, 2.45) is 0 Å². The van der Waals surface area contributed by atoms with E-state index in [9.17, 15) is 0 Å². The predicted molar refractivity (Wildman–Crippen MR) is 64.5 cm³/mol. The average molecular weight is 207 g/mol. The lowest BCUT2D eigenvalue weighted by Crippen LogP contribution is -2.26. The highest BCUT2D eigenvalue weighted by Crippen LogP contribution is 2.15. The molecule has 0 aliphatic carbocycles. The van der Waals surface area contributed by atoms with Gasteiger partial charge in [-0.1, -0.05) is 25.5 Å². The van der Waals surface area contributed by atoms with Crippen molar-refractivity contribution in [3.05, 3.63) is 29.8 Å². The molecule has 0 aliphatic heterocycles. The third-order valence-electron chi connectivity index (χ3n) is 2.27. The van der Waals surface area contributed by atoms with E-state index in [1.54, 1.807) is 0 Å². The first-order valence-corrected chi connectivity index (χ1v) is 5.66. The van der Waals surface area contributed by atoms with Gasteiger partial charge in [0.15, 0.2) is 0 Å². The molecule has 1 N–H and O–H groups in total. The van der Waals surface area contributed by atoms with Gasteiger partial charge in [-0.25, -0.2) is 0 Å². The third-order valence-corrected chi connectivity index (χ3v) is 2.27. The minimum Gasteiger partial charge on any atom is -0.489 e. The Hall–Kier alpha value is -1.02. The largest absolute Gasteiger partial charge is 0.489 e. The van der Waals surface area contributed by atoms with Crippen LogP contribution in [-0.4, -0.2) is 19.7 Å². The van der Waals surface area contributed by atoms with E-state index in [1.807, 2.05) is 13.1 Å². The first-order valence-electron chi connectivity index (χ1n) is 5.66. The second-order valence-corrected chi connectivity index (χ2v) is 3.88. The fourth-order valence-corrected chi connectivity index (χ4v) is 1.62. The Bertz CT molecular complexity index is 286. The van der Waals surface area contributed by atoms with Gasteiger partial charge in [0.1, 0.15) is 11.9 Å². The molecule has 84 valence electrons. The zero-order valence-corrected chi connectivity index (χ0v) is 9.92. The van der Waals surface area contributed by atoms with E-state index in [1.165, 1.54) is 12.0 Å². The van der Waals surface area contributed by atoms with Crippen molar-refractivity contribution in [3.8, 4) is 5.75 Å². The fraction of sp³-hybridized carbons (Fsp3) is 0.538. The zero-order chi connectivity index (χ0) is 11.1. The molecule has 15 heavy (non-hydrogen) atoms. The van der Waals surface area contributed by atoms with Crippen LogP contribution in [0.4, 0.5) is 0 Å². The SMILES string of the molecule is CCCc1cccc(OC(C)CNC)c1. The van der Waals surface area contributed by atoms with Crippen molar-refractivity contribution in [2.45, 2.75) is 32.8 Å². The van der Waals surface area contributed by atoms with E-state index in [0.717, 1.165) is 18.7 Å². The van der Waals surface area contributed by atoms with Gasteiger partial charge < -0.3 is 10.1 Å². The van der Waals surface area contributed by atoms with E-state index in [4.69, 9.17) is 4.74 Å². The Morgan fingerprint density at radius 3 is 2.87 bits per heavy atom. The summed E-state index contributed by atoms with van der Waals surface area (Å²) in [5.41, 5.74) is 1.35. The normalized spacial score (nSPS) is 12.5. The molecule has 0 saturated heterocycles. The molecule has 0 aliphatic rings. The maximum absolute atomic E-state index is 5.78. The van der Waals surface area contributed by atoms with Crippen LogP contribution in [0, 0.1) is 0 Å². The first kappa shape index (κ1) is 12.1. The molecular weight excluding hydrogens is 186 g/mol. The van der Waals surface area contributed by atoms with Gasteiger partial charge in [-0.15, -0.1) is 0 Å². The molecule has 0 radical (unpaired) electrons. The molecule has 1 aromatic carbocycles. The topological polar surface area (TPSA) is 21.3 Å². The third kappa shape index (κ3) is 4.34. The Morgan fingerprint density at radius 1 is 1.40 bits per heavy atom. The minimum atomic E-state index is 0.215. The van der Waals surface area contributed by atoms with Crippen LogP contribution in [-0.2, 0) is 6.42 Å². The van der Waals surface area contributed by atoms with Crippen molar-refractivity contribution in [3.63, 3.8) is 0 Å². The van der Waals surface area contributed by atoms with Gasteiger partial charge in [0, 0.05) is 6.54 Å². The van der Waals surface area contributed by atoms with Crippen molar-refractivity contribution in [1.29, 1.82) is 0 Å². The van der Waals surface area contributed by atoms with Crippen molar-refractivity contribution < 1.29 is 4.74 Å². The Balaban J connectivity index is 2.56. The van der Waals surface area contributed by atoms with E-state index in [2.05, 4.69) is 37.4 Å². The summed E-state index contributed by atoms with van der Waals surface area (Å²) >= 11 is 0. The van der Waals surface area contributed by atoms with Crippen LogP contribution in [0.15, 0.2) is 24.3 Å². The van der Waals surface area contributed by atoms with Crippen LogP contribution in [0.2, 0.25) is 0 Å². The summed E-state index contributed by atoms with van der Waals surface area (Å²) in [5, 5.41) is 3.10. The summed E-state index contributed by atoms with van der Waals surface area (Å²) in [6.45, 7) is 5.14. The van der Waals surface area contributed by atoms with Crippen LogP contribution >= 0.6 is 0 Å². The van der Waals surface area contributed by atoms with Gasteiger partial charge in [0.25, 0.3) is 0 Å². The van der Waals surface area contributed by atoms with E-state index in [0.29, 0.717) is 0 Å². The minimum absolute atomic E-state index is 0.215. The lowest BCUT2D eigenvalue weighted by atomic mass is 10.1. The van der Waals surface area contributed by atoms with Crippen LogP contribution < -0.4 is 10.1 Å². The van der Waals surface area contributed by atoms with Gasteiger partial charge in [0.2, 0.25) is 0 Å². The molecule has 0 spiro atoms. The summed E-state index contributed by atoms with van der Waals surface area (Å²) in [7, 11) is 1.94. The Morgan fingerprint density at radius 2 is 2.20 bits per heavy atom. The van der Waals surface area contributed by atoms with E-state index in [-0.39, 0.29) is 6.10 Å². The number of aryl methyl sites for hydroxylation is 1. The molecule has 0 aromatic heterocycles. The fourth-order valence-electron chi connectivity index (χ4n) is 1.62. The predicted octanol–water partition coefficient (Wildman–Crippen LogP) is 2.63. The monoisotopic (exact) mass is 207 g/mol. The number of hydrogen-bond acceptors (Lipinski definition) is 2. The highest BCUT2D eigenvalue weighted by atomic mass is 16.5. The second-order valence-electron chi connectivity index (χ2n) is 3.88. The number of ether oxygens (including phenoxy) is 1. The van der Waals surface area contributed by atoms with Crippen molar-refractivity contribution in [2.75, 3.05) is 13.6 Å². The van der Waals surface area contributed by atoms with Crippen LogP contribution in [0.25, 0.3) is 0 Å². The van der Waals surface area contributed by atoms with Gasteiger partial charge in [-0.3, -0.25) is 0 Å². The first-order chi connectivity index (χ1) is 7.26. The summed E-state index contributed by atoms with van der Waals surface area (Å²) in [6.07, 6.45) is 2.51. The smallest absolute Gasteiger partial charge is 0.120 e. The Labute approximate surface area is 92.6 Å². The number of benzene rings is 1. The summed E-state index contributed by atoms with van der Waals surface area (Å²) < 4.78 is 5.78. The number of nitrogens with one attached hydrogen (secondary N) is 1. The molecule has 0 saturated carbocycles.